The first kappa shape index (κ1) is 25.7. The van der Waals surface area contributed by atoms with E-state index < -0.39 is 0 Å². The van der Waals surface area contributed by atoms with Crippen LogP contribution in [0.25, 0.3) is 0 Å². The number of nitrogens with zero attached hydrogens (tertiary/aromatic N) is 3. The summed E-state index contributed by atoms with van der Waals surface area (Å²) in [5.74, 6) is 1.04. The van der Waals surface area contributed by atoms with E-state index in [2.05, 4.69) is 22.3 Å². The van der Waals surface area contributed by atoms with Crippen LogP contribution in [-0.2, 0) is 16.1 Å². The van der Waals surface area contributed by atoms with Gasteiger partial charge in [0.1, 0.15) is 5.75 Å². The van der Waals surface area contributed by atoms with Crippen molar-refractivity contribution in [2.24, 2.45) is 0 Å². The van der Waals surface area contributed by atoms with Gasteiger partial charge in [0.15, 0.2) is 0 Å². The van der Waals surface area contributed by atoms with Crippen molar-refractivity contribution in [3.05, 3.63) is 58.1 Å². The van der Waals surface area contributed by atoms with Crippen LogP contribution in [0, 0.1) is 27.7 Å². The monoisotopic (exact) mass is 466 g/mol. The van der Waals surface area contributed by atoms with E-state index in [0.29, 0.717) is 45.8 Å². The molecule has 0 saturated carbocycles. The Morgan fingerprint density at radius 3 is 2.12 bits per heavy atom. The van der Waals surface area contributed by atoms with Gasteiger partial charge in [0.05, 0.1) is 20.2 Å². The van der Waals surface area contributed by atoms with Gasteiger partial charge < -0.3 is 15.0 Å². The standard InChI is InChI=1S/C27H38N4O3/c1-19-8-7-9-20(2)26(19)28-24(32)17-30-10-12-31(13-11-30)25(33)18-29(5)16-23-14-21(3)27(34-6)22(4)15-23/h7-9,14-15H,10-13,16-18H2,1-6H3,(H,28,32). The molecule has 1 aliphatic rings. The number of nitrogens with one attached hydrogen (secondary N) is 1. The smallest absolute Gasteiger partial charge is 0.238 e. The van der Waals surface area contributed by atoms with E-state index >= 15 is 0 Å². The number of para-hydroxylation sites is 1. The molecule has 7 nitrogen and oxygen atoms in total. The second-order valence-electron chi connectivity index (χ2n) is 9.41. The summed E-state index contributed by atoms with van der Waals surface area (Å²) in [5.41, 5.74) is 6.41. The lowest BCUT2D eigenvalue weighted by Crippen LogP contribution is -2.52. The van der Waals surface area contributed by atoms with Crippen LogP contribution >= 0.6 is 0 Å². The van der Waals surface area contributed by atoms with Crippen LogP contribution in [0.4, 0.5) is 5.69 Å². The maximum Gasteiger partial charge on any atom is 0.238 e. The largest absolute Gasteiger partial charge is 0.496 e. The lowest BCUT2D eigenvalue weighted by Gasteiger charge is -2.35. The fraction of sp³-hybridized carbons (Fsp3) is 0.481. The SMILES string of the molecule is COc1c(C)cc(CN(C)CC(=O)N2CCN(CC(=O)Nc3c(C)cccc3C)CC2)cc1C. The minimum absolute atomic E-state index is 0.0120. The Morgan fingerprint density at radius 2 is 1.56 bits per heavy atom. The Morgan fingerprint density at radius 1 is 0.971 bits per heavy atom. The Bertz CT molecular complexity index is 985. The highest BCUT2D eigenvalue weighted by molar-refractivity contribution is 5.93. The lowest BCUT2D eigenvalue weighted by atomic mass is 10.1. The van der Waals surface area contributed by atoms with Crippen molar-refractivity contribution in [1.29, 1.82) is 0 Å². The van der Waals surface area contributed by atoms with Gasteiger partial charge in [-0.15, -0.1) is 0 Å². The number of piperazine rings is 1. The number of carbonyl (C=O) groups is 2. The quantitative estimate of drug-likeness (QED) is 0.648. The Balaban J connectivity index is 1.45. The number of methoxy groups -OCH3 is 1. The zero-order valence-corrected chi connectivity index (χ0v) is 21.4. The molecule has 2 amide bonds. The third kappa shape index (κ3) is 6.58. The molecule has 2 aromatic rings. The first-order valence-electron chi connectivity index (χ1n) is 11.9. The van der Waals surface area contributed by atoms with Gasteiger partial charge in [-0.05, 0) is 62.6 Å². The van der Waals surface area contributed by atoms with Gasteiger partial charge >= 0.3 is 0 Å². The third-order valence-corrected chi connectivity index (χ3v) is 6.42. The van der Waals surface area contributed by atoms with Crippen LogP contribution in [0.3, 0.4) is 0 Å². The molecule has 0 aromatic heterocycles. The number of rotatable bonds is 8. The molecule has 1 saturated heterocycles. The van der Waals surface area contributed by atoms with Crippen LogP contribution < -0.4 is 10.1 Å². The number of benzene rings is 2. The van der Waals surface area contributed by atoms with Crippen molar-refractivity contribution in [3.8, 4) is 5.75 Å². The van der Waals surface area contributed by atoms with E-state index in [1.807, 2.05) is 62.7 Å². The normalized spacial score (nSPS) is 14.4. The molecule has 34 heavy (non-hydrogen) atoms. The summed E-state index contributed by atoms with van der Waals surface area (Å²) >= 11 is 0. The first-order valence-corrected chi connectivity index (χ1v) is 11.9. The summed E-state index contributed by atoms with van der Waals surface area (Å²) in [6, 6.07) is 10.2. The van der Waals surface area contributed by atoms with Crippen molar-refractivity contribution in [1.82, 2.24) is 14.7 Å². The minimum Gasteiger partial charge on any atom is -0.496 e. The number of hydrogen-bond acceptors (Lipinski definition) is 5. The number of amides is 2. The Kier molecular flexibility index (Phi) is 8.69. The fourth-order valence-corrected chi connectivity index (χ4v) is 4.70. The van der Waals surface area contributed by atoms with Gasteiger partial charge in [0.2, 0.25) is 11.8 Å². The highest BCUT2D eigenvalue weighted by Crippen LogP contribution is 2.25. The highest BCUT2D eigenvalue weighted by atomic mass is 16.5. The molecule has 7 heteroatoms. The van der Waals surface area contributed by atoms with Crippen LogP contribution in [0.1, 0.15) is 27.8 Å². The molecule has 0 unspecified atom stereocenters. The molecule has 0 bridgehead atoms. The summed E-state index contributed by atoms with van der Waals surface area (Å²) in [5, 5.41) is 3.05. The van der Waals surface area contributed by atoms with Crippen molar-refractivity contribution < 1.29 is 14.3 Å². The van der Waals surface area contributed by atoms with E-state index in [1.165, 1.54) is 5.56 Å². The maximum absolute atomic E-state index is 12.8. The molecule has 0 aliphatic carbocycles. The molecule has 1 N–H and O–H groups in total. The molecule has 0 spiro atoms. The molecule has 3 rings (SSSR count). The van der Waals surface area contributed by atoms with Crippen molar-refractivity contribution in [2.75, 3.05) is 58.7 Å². The van der Waals surface area contributed by atoms with Gasteiger partial charge in [-0.2, -0.15) is 0 Å². The first-order chi connectivity index (χ1) is 16.2. The van der Waals surface area contributed by atoms with Crippen LogP contribution in [0.5, 0.6) is 5.75 Å². The van der Waals surface area contributed by atoms with Crippen molar-refractivity contribution in [3.63, 3.8) is 0 Å². The molecule has 2 aromatic carbocycles. The highest BCUT2D eigenvalue weighted by Gasteiger charge is 2.23. The molecule has 1 fully saturated rings. The zero-order chi connectivity index (χ0) is 24.8. The average molecular weight is 467 g/mol. The lowest BCUT2D eigenvalue weighted by molar-refractivity contribution is -0.134. The topological polar surface area (TPSA) is 65.1 Å². The van der Waals surface area contributed by atoms with Gasteiger partial charge in [0.25, 0.3) is 0 Å². The maximum atomic E-state index is 12.8. The Labute approximate surface area is 203 Å². The second-order valence-corrected chi connectivity index (χ2v) is 9.41. The van der Waals surface area contributed by atoms with Gasteiger partial charge in [-0.25, -0.2) is 0 Å². The fourth-order valence-electron chi connectivity index (χ4n) is 4.70. The van der Waals surface area contributed by atoms with Crippen LogP contribution in [0.15, 0.2) is 30.3 Å². The zero-order valence-electron chi connectivity index (χ0n) is 21.4. The van der Waals surface area contributed by atoms with E-state index in [-0.39, 0.29) is 11.8 Å². The summed E-state index contributed by atoms with van der Waals surface area (Å²) in [4.78, 5) is 31.5. The predicted molar refractivity (Wildman–Crippen MR) is 136 cm³/mol. The summed E-state index contributed by atoms with van der Waals surface area (Å²) in [6.07, 6.45) is 0. The Hall–Kier alpha value is -2.90. The average Bonchev–Trinajstić information content (AvgIpc) is 2.76. The second kappa shape index (κ2) is 11.5. The summed E-state index contributed by atoms with van der Waals surface area (Å²) in [7, 11) is 3.66. The van der Waals surface area contributed by atoms with E-state index in [9.17, 15) is 9.59 Å². The van der Waals surface area contributed by atoms with Crippen molar-refractivity contribution in [2.45, 2.75) is 34.2 Å². The number of aryl methyl sites for hydroxylation is 4. The van der Waals surface area contributed by atoms with E-state index in [1.54, 1.807) is 7.11 Å². The number of hydrogen-bond donors (Lipinski definition) is 1. The third-order valence-electron chi connectivity index (χ3n) is 6.42. The van der Waals surface area contributed by atoms with Crippen LogP contribution in [-0.4, -0.2) is 79.9 Å². The van der Waals surface area contributed by atoms with Gasteiger partial charge in [0, 0.05) is 38.4 Å². The van der Waals surface area contributed by atoms with E-state index in [0.717, 1.165) is 33.7 Å². The van der Waals surface area contributed by atoms with Crippen molar-refractivity contribution >= 4 is 17.5 Å². The molecule has 1 heterocycles. The van der Waals surface area contributed by atoms with Gasteiger partial charge in [-0.1, -0.05) is 30.3 Å². The minimum atomic E-state index is -0.0120. The molecule has 184 valence electrons. The predicted octanol–water partition coefficient (Wildman–Crippen LogP) is 3.14. The molecule has 0 atom stereocenters. The van der Waals surface area contributed by atoms with Crippen LogP contribution in [0.2, 0.25) is 0 Å². The van der Waals surface area contributed by atoms with E-state index in [4.69, 9.17) is 4.74 Å². The number of likely N-dealkylation sites (N-methyl/N-ethyl adjacent to an activating group) is 1. The summed E-state index contributed by atoms with van der Waals surface area (Å²) in [6.45, 7) is 12.2. The van der Waals surface area contributed by atoms with Gasteiger partial charge in [-0.3, -0.25) is 19.4 Å². The summed E-state index contributed by atoms with van der Waals surface area (Å²) < 4.78 is 5.45. The number of carbonyl (C=O) groups excluding carboxylic acids is 2. The molecule has 0 radical (unpaired) electrons. The molecular formula is C27H38N4O3. The molecular weight excluding hydrogens is 428 g/mol. The number of ether oxygens (including phenoxy) is 1. The number of anilines is 1. The molecule has 1 aliphatic heterocycles.